The van der Waals surface area contributed by atoms with Crippen LogP contribution < -0.4 is 10.6 Å². The molecule has 0 bridgehead atoms. The molecule has 0 aliphatic heterocycles. The monoisotopic (exact) mass is 331 g/mol. The van der Waals surface area contributed by atoms with Gasteiger partial charge in [-0.15, -0.1) is 0 Å². The van der Waals surface area contributed by atoms with Gasteiger partial charge >= 0.3 is 0 Å². The Morgan fingerprint density at radius 2 is 2.04 bits per heavy atom. The normalized spacial score (nSPS) is 10.7. The Balaban J connectivity index is 1.99. The molecule has 0 unspecified atom stereocenters. The van der Waals surface area contributed by atoms with Gasteiger partial charge < -0.3 is 10.6 Å². The first kappa shape index (κ1) is 17.3. The number of aromatic nitrogens is 1. The van der Waals surface area contributed by atoms with E-state index in [2.05, 4.69) is 29.5 Å². The van der Waals surface area contributed by atoms with Gasteiger partial charge in [0.2, 0.25) is 0 Å². The lowest BCUT2D eigenvalue weighted by molar-refractivity contribution is 0.0947. The van der Waals surface area contributed by atoms with E-state index in [-0.39, 0.29) is 5.91 Å². The summed E-state index contributed by atoms with van der Waals surface area (Å²) < 4.78 is 0. The molecule has 0 fully saturated rings. The molecule has 2 N–H and O–H groups in total. The van der Waals surface area contributed by atoms with E-state index in [4.69, 9.17) is 11.6 Å². The first-order chi connectivity index (χ1) is 11.0. The number of amides is 1. The molecule has 2 rings (SSSR count). The minimum absolute atomic E-state index is 0.142. The van der Waals surface area contributed by atoms with E-state index >= 15 is 0 Å². The van der Waals surface area contributed by atoms with Crippen molar-refractivity contribution in [3.05, 3.63) is 52.8 Å². The summed E-state index contributed by atoms with van der Waals surface area (Å²) >= 11 is 6.11. The van der Waals surface area contributed by atoms with Crippen molar-refractivity contribution in [2.75, 3.05) is 11.9 Å². The van der Waals surface area contributed by atoms with Crippen molar-refractivity contribution in [3.8, 4) is 0 Å². The predicted molar refractivity (Wildman–Crippen MR) is 95.5 cm³/mol. The number of anilines is 2. The van der Waals surface area contributed by atoms with E-state index in [1.165, 1.54) is 0 Å². The van der Waals surface area contributed by atoms with Crippen LogP contribution >= 0.6 is 11.6 Å². The Hall–Kier alpha value is -2.07. The summed E-state index contributed by atoms with van der Waals surface area (Å²) in [5, 5.41) is 6.85. The van der Waals surface area contributed by atoms with Gasteiger partial charge in [0.1, 0.15) is 5.69 Å². The van der Waals surface area contributed by atoms with Gasteiger partial charge in [-0.3, -0.25) is 4.79 Å². The van der Waals surface area contributed by atoms with Crippen molar-refractivity contribution in [3.63, 3.8) is 0 Å². The Labute approximate surface area is 142 Å². The molecule has 1 amide bonds. The molecule has 23 heavy (non-hydrogen) atoms. The molecule has 0 saturated carbocycles. The minimum atomic E-state index is -0.142. The third-order valence-electron chi connectivity index (χ3n) is 3.55. The van der Waals surface area contributed by atoms with E-state index in [0.29, 0.717) is 23.2 Å². The van der Waals surface area contributed by atoms with Gasteiger partial charge in [0.15, 0.2) is 0 Å². The summed E-state index contributed by atoms with van der Waals surface area (Å²) in [6, 6.07) is 9.25. The number of carbonyl (C=O) groups is 1. The number of benzene rings is 1. The van der Waals surface area contributed by atoms with Crippen LogP contribution in [0, 0.1) is 12.8 Å². The topological polar surface area (TPSA) is 54.0 Å². The standard InChI is InChI=1S/C18H22ClN3O/c1-12(2)9-10-20-18(23)17-8-7-14(11-21-17)22-16-6-4-5-15(19)13(16)3/h4-8,11-12,22H,9-10H2,1-3H3,(H,20,23). The number of nitrogens with one attached hydrogen (secondary N) is 2. The van der Waals surface area contributed by atoms with Crippen molar-refractivity contribution in [1.82, 2.24) is 10.3 Å². The van der Waals surface area contributed by atoms with Gasteiger partial charge in [0.05, 0.1) is 11.9 Å². The van der Waals surface area contributed by atoms with E-state index < -0.39 is 0 Å². The van der Waals surface area contributed by atoms with Gasteiger partial charge in [0, 0.05) is 17.3 Å². The third-order valence-corrected chi connectivity index (χ3v) is 3.96. The van der Waals surface area contributed by atoms with Crippen molar-refractivity contribution >= 4 is 28.9 Å². The molecule has 5 heteroatoms. The molecule has 1 heterocycles. The highest BCUT2D eigenvalue weighted by atomic mass is 35.5. The molecule has 0 spiro atoms. The Morgan fingerprint density at radius 3 is 2.70 bits per heavy atom. The Morgan fingerprint density at radius 1 is 1.26 bits per heavy atom. The van der Waals surface area contributed by atoms with Crippen LogP contribution in [0.5, 0.6) is 0 Å². The number of carbonyl (C=O) groups excluding carboxylic acids is 1. The first-order valence-corrected chi connectivity index (χ1v) is 8.11. The average molecular weight is 332 g/mol. The van der Waals surface area contributed by atoms with Crippen LogP contribution in [0.1, 0.15) is 36.3 Å². The quantitative estimate of drug-likeness (QED) is 0.815. The summed E-state index contributed by atoms with van der Waals surface area (Å²) in [5.41, 5.74) is 3.13. The number of nitrogens with zero attached hydrogens (tertiary/aromatic N) is 1. The van der Waals surface area contributed by atoms with Gasteiger partial charge in [-0.25, -0.2) is 4.98 Å². The summed E-state index contributed by atoms with van der Waals surface area (Å²) in [7, 11) is 0. The Kier molecular flexibility index (Phi) is 5.99. The van der Waals surface area contributed by atoms with Crippen molar-refractivity contribution in [1.29, 1.82) is 0 Å². The molecule has 2 aromatic rings. The van der Waals surface area contributed by atoms with Gasteiger partial charge in [-0.05, 0) is 49.1 Å². The van der Waals surface area contributed by atoms with Crippen LogP contribution in [0.25, 0.3) is 0 Å². The predicted octanol–water partition coefficient (Wildman–Crippen LogP) is 4.56. The molecule has 0 atom stereocenters. The lowest BCUT2D eigenvalue weighted by Gasteiger charge is -2.11. The van der Waals surface area contributed by atoms with Crippen LogP contribution in [0.3, 0.4) is 0 Å². The molecule has 122 valence electrons. The zero-order valence-electron chi connectivity index (χ0n) is 13.7. The second-order valence-corrected chi connectivity index (χ2v) is 6.32. The van der Waals surface area contributed by atoms with Crippen LogP contribution in [-0.4, -0.2) is 17.4 Å². The SMILES string of the molecule is Cc1c(Cl)cccc1Nc1ccc(C(=O)NCCC(C)C)nc1. The van der Waals surface area contributed by atoms with E-state index in [1.807, 2.05) is 31.2 Å². The fourth-order valence-electron chi connectivity index (χ4n) is 2.07. The molecule has 0 saturated heterocycles. The Bertz CT molecular complexity index is 668. The number of halogens is 1. The summed E-state index contributed by atoms with van der Waals surface area (Å²) in [5.74, 6) is 0.423. The molecular weight excluding hydrogens is 310 g/mol. The highest BCUT2D eigenvalue weighted by Gasteiger charge is 2.08. The number of hydrogen-bond donors (Lipinski definition) is 2. The zero-order chi connectivity index (χ0) is 16.8. The summed E-state index contributed by atoms with van der Waals surface area (Å²) in [4.78, 5) is 16.2. The zero-order valence-corrected chi connectivity index (χ0v) is 14.4. The molecule has 1 aromatic carbocycles. The molecule has 0 radical (unpaired) electrons. The fraction of sp³-hybridized carbons (Fsp3) is 0.333. The van der Waals surface area contributed by atoms with Crippen LogP contribution in [0.2, 0.25) is 5.02 Å². The second kappa shape index (κ2) is 7.97. The van der Waals surface area contributed by atoms with Crippen LogP contribution in [-0.2, 0) is 0 Å². The maximum atomic E-state index is 12.0. The fourth-order valence-corrected chi connectivity index (χ4v) is 2.24. The molecule has 0 aliphatic carbocycles. The molecular formula is C18H22ClN3O. The van der Waals surface area contributed by atoms with E-state index in [1.54, 1.807) is 12.3 Å². The van der Waals surface area contributed by atoms with E-state index in [9.17, 15) is 4.79 Å². The number of rotatable bonds is 6. The largest absolute Gasteiger partial charge is 0.354 e. The summed E-state index contributed by atoms with van der Waals surface area (Å²) in [6.45, 7) is 6.87. The van der Waals surface area contributed by atoms with Gasteiger partial charge in [-0.1, -0.05) is 31.5 Å². The minimum Gasteiger partial charge on any atom is -0.354 e. The van der Waals surface area contributed by atoms with Crippen LogP contribution in [0.15, 0.2) is 36.5 Å². The molecule has 0 aliphatic rings. The summed E-state index contributed by atoms with van der Waals surface area (Å²) in [6.07, 6.45) is 2.61. The smallest absolute Gasteiger partial charge is 0.269 e. The van der Waals surface area contributed by atoms with Gasteiger partial charge in [0.25, 0.3) is 5.91 Å². The lowest BCUT2D eigenvalue weighted by Crippen LogP contribution is -2.26. The number of hydrogen-bond acceptors (Lipinski definition) is 3. The maximum Gasteiger partial charge on any atom is 0.269 e. The second-order valence-electron chi connectivity index (χ2n) is 5.91. The molecule has 4 nitrogen and oxygen atoms in total. The molecule has 1 aromatic heterocycles. The third kappa shape index (κ3) is 4.96. The van der Waals surface area contributed by atoms with Gasteiger partial charge in [-0.2, -0.15) is 0 Å². The maximum absolute atomic E-state index is 12.0. The van der Waals surface area contributed by atoms with Crippen molar-refractivity contribution in [2.45, 2.75) is 27.2 Å². The van der Waals surface area contributed by atoms with Crippen molar-refractivity contribution < 1.29 is 4.79 Å². The number of pyridine rings is 1. The average Bonchev–Trinajstić information content (AvgIpc) is 2.52. The van der Waals surface area contributed by atoms with E-state index in [0.717, 1.165) is 23.4 Å². The van der Waals surface area contributed by atoms with Crippen molar-refractivity contribution in [2.24, 2.45) is 5.92 Å². The first-order valence-electron chi connectivity index (χ1n) is 7.73. The lowest BCUT2D eigenvalue weighted by atomic mass is 10.1. The highest BCUT2D eigenvalue weighted by Crippen LogP contribution is 2.25. The highest BCUT2D eigenvalue weighted by molar-refractivity contribution is 6.31. The van der Waals surface area contributed by atoms with Crippen LogP contribution in [0.4, 0.5) is 11.4 Å².